The molecule has 19 heavy (non-hydrogen) atoms. The number of hydrogen-bond donors (Lipinski definition) is 1. The minimum absolute atomic E-state index is 0.452. The molecule has 0 radical (unpaired) electrons. The number of rotatable bonds is 6. The van der Waals surface area contributed by atoms with Crippen LogP contribution in [0.1, 0.15) is 29.3 Å². The first-order valence-corrected chi connectivity index (χ1v) is 7.49. The maximum atomic E-state index is 5.22. The molecule has 4 heteroatoms. The Bertz CT molecular complexity index is 505. The van der Waals surface area contributed by atoms with Gasteiger partial charge in [-0.3, -0.25) is 4.98 Å². The van der Waals surface area contributed by atoms with Gasteiger partial charge in [0.1, 0.15) is 5.75 Å². The summed E-state index contributed by atoms with van der Waals surface area (Å²) in [5, 5.41) is 3.67. The highest BCUT2D eigenvalue weighted by Crippen LogP contribution is 2.41. The van der Waals surface area contributed by atoms with Crippen LogP contribution in [0.25, 0.3) is 0 Å². The quantitative estimate of drug-likeness (QED) is 0.876. The number of aromatic nitrogens is 1. The minimum atomic E-state index is 0.452. The van der Waals surface area contributed by atoms with E-state index in [1.807, 2.05) is 23.8 Å². The normalized spacial score (nSPS) is 16.3. The largest absolute Gasteiger partial charge is 0.497 e. The van der Waals surface area contributed by atoms with Crippen LogP contribution in [0.5, 0.6) is 5.75 Å². The van der Waals surface area contributed by atoms with E-state index in [2.05, 4.69) is 22.4 Å². The topological polar surface area (TPSA) is 34.1 Å². The van der Waals surface area contributed by atoms with Gasteiger partial charge < -0.3 is 10.1 Å². The lowest BCUT2D eigenvalue weighted by atomic mass is 10.0. The van der Waals surface area contributed by atoms with E-state index in [1.54, 1.807) is 18.4 Å². The zero-order chi connectivity index (χ0) is 13.1. The highest BCUT2D eigenvalue weighted by Gasteiger charge is 2.31. The van der Waals surface area contributed by atoms with Crippen LogP contribution in [0.3, 0.4) is 0 Å². The molecular weight excluding hydrogens is 256 g/mol. The third-order valence-electron chi connectivity index (χ3n) is 3.55. The van der Waals surface area contributed by atoms with Gasteiger partial charge in [0.25, 0.3) is 0 Å². The molecule has 3 nitrogen and oxygen atoms in total. The van der Waals surface area contributed by atoms with Crippen molar-refractivity contribution in [3.05, 3.63) is 46.4 Å². The van der Waals surface area contributed by atoms with E-state index in [4.69, 9.17) is 4.74 Å². The van der Waals surface area contributed by atoms with Crippen LogP contribution >= 0.6 is 11.3 Å². The highest BCUT2D eigenvalue weighted by atomic mass is 32.1. The maximum Gasteiger partial charge on any atom is 0.118 e. The molecule has 1 saturated carbocycles. The Morgan fingerprint density at radius 1 is 1.37 bits per heavy atom. The molecule has 1 N–H and O–H groups in total. The molecule has 1 atom stereocenters. The van der Waals surface area contributed by atoms with E-state index in [-0.39, 0.29) is 0 Å². The Morgan fingerprint density at radius 2 is 2.16 bits per heavy atom. The van der Waals surface area contributed by atoms with E-state index in [0.717, 1.165) is 18.2 Å². The molecule has 1 fully saturated rings. The fourth-order valence-electron chi connectivity index (χ4n) is 2.34. The first kappa shape index (κ1) is 12.6. The van der Waals surface area contributed by atoms with E-state index in [9.17, 15) is 0 Å². The SMILES string of the molecule is COc1ccc(C(NCc2cncs2)C2CC2)cc1. The van der Waals surface area contributed by atoms with Crippen LogP contribution in [0.2, 0.25) is 0 Å². The summed E-state index contributed by atoms with van der Waals surface area (Å²) in [6.07, 6.45) is 4.59. The zero-order valence-corrected chi connectivity index (χ0v) is 11.8. The van der Waals surface area contributed by atoms with Gasteiger partial charge in [0.2, 0.25) is 0 Å². The average Bonchev–Trinajstić information content (AvgIpc) is 3.15. The summed E-state index contributed by atoms with van der Waals surface area (Å²) < 4.78 is 5.22. The van der Waals surface area contributed by atoms with E-state index in [0.29, 0.717) is 6.04 Å². The van der Waals surface area contributed by atoms with Crippen molar-refractivity contribution >= 4 is 11.3 Å². The Kier molecular flexibility index (Phi) is 3.80. The molecular formula is C15H18N2OS. The van der Waals surface area contributed by atoms with E-state index < -0.39 is 0 Å². The van der Waals surface area contributed by atoms with Gasteiger partial charge in [-0.1, -0.05) is 12.1 Å². The molecule has 0 aliphatic heterocycles. The van der Waals surface area contributed by atoms with Crippen molar-refractivity contribution < 1.29 is 4.74 Å². The van der Waals surface area contributed by atoms with E-state index >= 15 is 0 Å². The molecule has 0 spiro atoms. The van der Waals surface area contributed by atoms with Gasteiger partial charge >= 0.3 is 0 Å². The molecule has 3 rings (SSSR count). The molecule has 0 bridgehead atoms. The number of nitrogens with one attached hydrogen (secondary N) is 1. The molecule has 1 aromatic carbocycles. The third-order valence-corrected chi connectivity index (χ3v) is 4.33. The Labute approximate surface area is 117 Å². The molecule has 2 aromatic rings. The number of ether oxygens (including phenoxy) is 1. The Hall–Kier alpha value is -1.39. The van der Waals surface area contributed by atoms with E-state index in [1.165, 1.54) is 23.3 Å². The standard InChI is InChI=1S/C15H18N2OS/c1-18-13-6-4-12(5-7-13)15(11-2-3-11)17-9-14-8-16-10-19-14/h4-8,10-11,15,17H,2-3,9H2,1H3. The molecule has 1 aliphatic carbocycles. The van der Waals surface area contributed by atoms with Crippen molar-refractivity contribution in [1.82, 2.24) is 10.3 Å². The first-order chi connectivity index (χ1) is 9.36. The van der Waals surface area contributed by atoms with Crippen molar-refractivity contribution in [2.75, 3.05) is 7.11 Å². The predicted octanol–water partition coefficient (Wildman–Crippen LogP) is 3.39. The lowest BCUT2D eigenvalue weighted by Gasteiger charge is -2.18. The van der Waals surface area contributed by atoms with Gasteiger partial charge in [0.05, 0.1) is 12.6 Å². The molecule has 1 heterocycles. The molecule has 1 aromatic heterocycles. The summed E-state index contributed by atoms with van der Waals surface area (Å²) in [5.41, 5.74) is 3.24. The predicted molar refractivity (Wildman–Crippen MR) is 77.4 cm³/mol. The Morgan fingerprint density at radius 3 is 2.74 bits per heavy atom. The number of thiazole rings is 1. The maximum absolute atomic E-state index is 5.22. The fourth-order valence-corrected chi connectivity index (χ4v) is 2.88. The second-order valence-corrected chi connectivity index (χ2v) is 5.91. The van der Waals surface area contributed by atoms with Crippen molar-refractivity contribution in [2.45, 2.75) is 25.4 Å². The smallest absolute Gasteiger partial charge is 0.118 e. The van der Waals surface area contributed by atoms with Crippen LogP contribution < -0.4 is 10.1 Å². The lowest BCUT2D eigenvalue weighted by Crippen LogP contribution is -2.22. The lowest BCUT2D eigenvalue weighted by molar-refractivity contribution is 0.413. The highest BCUT2D eigenvalue weighted by molar-refractivity contribution is 7.09. The number of benzene rings is 1. The van der Waals surface area contributed by atoms with Crippen molar-refractivity contribution in [2.24, 2.45) is 5.92 Å². The van der Waals surface area contributed by atoms with Gasteiger partial charge in [-0.05, 0) is 36.5 Å². The van der Waals surface area contributed by atoms with Crippen LogP contribution in [0, 0.1) is 5.92 Å². The van der Waals surface area contributed by atoms with Crippen LogP contribution in [-0.4, -0.2) is 12.1 Å². The van der Waals surface area contributed by atoms with Crippen LogP contribution in [0.15, 0.2) is 36.0 Å². The van der Waals surface area contributed by atoms with Gasteiger partial charge in [-0.2, -0.15) is 0 Å². The number of methoxy groups -OCH3 is 1. The summed E-state index contributed by atoms with van der Waals surface area (Å²) in [4.78, 5) is 5.41. The average molecular weight is 274 g/mol. The molecule has 0 amide bonds. The van der Waals surface area contributed by atoms with Crippen molar-refractivity contribution in [3.8, 4) is 5.75 Å². The second kappa shape index (κ2) is 5.72. The number of hydrogen-bond acceptors (Lipinski definition) is 4. The summed E-state index contributed by atoms with van der Waals surface area (Å²) in [5.74, 6) is 1.70. The zero-order valence-electron chi connectivity index (χ0n) is 11.0. The molecule has 100 valence electrons. The fraction of sp³-hybridized carbons (Fsp3) is 0.400. The second-order valence-electron chi connectivity index (χ2n) is 4.94. The van der Waals surface area contributed by atoms with Gasteiger partial charge in [-0.25, -0.2) is 0 Å². The van der Waals surface area contributed by atoms with Crippen LogP contribution in [-0.2, 0) is 6.54 Å². The summed E-state index contributed by atoms with van der Waals surface area (Å²) in [7, 11) is 1.70. The van der Waals surface area contributed by atoms with Gasteiger partial charge in [0, 0.05) is 23.7 Å². The molecule has 0 saturated heterocycles. The van der Waals surface area contributed by atoms with Crippen molar-refractivity contribution in [1.29, 1.82) is 0 Å². The van der Waals surface area contributed by atoms with Crippen LogP contribution in [0.4, 0.5) is 0 Å². The minimum Gasteiger partial charge on any atom is -0.497 e. The number of nitrogens with zero attached hydrogens (tertiary/aromatic N) is 1. The Balaban J connectivity index is 1.69. The summed E-state index contributed by atoms with van der Waals surface area (Å²) >= 11 is 1.70. The van der Waals surface area contributed by atoms with Gasteiger partial charge in [-0.15, -0.1) is 11.3 Å². The van der Waals surface area contributed by atoms with Gasteiger partial charge in [0.15, 0.2) is 0 Å². The monoisotopic (exact) mass is 274 g/mol. The summed E-state index contributed by atoms with van der Waals surface area (Å²) in [6, 6.07) is 8.87. The molecule has 1 aliphatic rings. The molecule has 1 unspecified atom stereocenters. The van der Waals surface area contributed by atoms with Crippen molar-refractivity contribution in [3.63, 3.8) is 0 Å². The third kappa shape index (κ3) is 3.14. The summed E-state index contributed by atoms with van der Waals surface area (Å²) in [6.45, 7) is 0.901. The first-order valence-electron chi connectivity index (χ1n) is 6.61.